The number of aromatic nitrogens is 1. The first kappa shape index (κ1) is 12.9. The number of anilines is 2. The first-order chi connectivity index (χ1) is 10.4. The van der Waals surface area contributed by atoms with Crippen molar-refractivity contribution in [3.05, 3.63) is 30.5 Å². The number of rotatable bonds is 2. The van der Waals surface area contributed by atoms with Gasteiger partial charge in [-0.1, -0.05) is 24.3 Å². The average Bonchev–Trinajstić information content (AvgIpc) is 3.09. The van der Waals surface area contributed by atoms with Gasteiger partial charge < -0.3 is 15.1 Å². The Kier molecular flexibility index (Phi) is 3.39. The summed E-state index contributed by atoms with van der Waals surface area (Å²) in [5, 5.41) is 6.06. The normalized spacial score (nSPS) is 19.4. The molecular formula is C17H22N4. The number of fused-ring (bicyclic) bond motifs is 1. The van der Waals surface area contributed by atoms with Crippen LogP contribution in [0.15, 0.2) is 30.5 Å². The summed E-state index contributed by atoms with van der Waals surface area (Å²) in [6.45, 7) is 6.53. The molecule has 110 valence electrons. The number of nitrogens with one attached hydrogen (secondary N) is 1. The Hall–Kier alpha value is -1.81. The SMILES string of the molecule is c1ccc2c(N3CCCC3)ncc(N3CCNCC3)c2c1. The molecule has 0 bridgehead atoms. The molecule has 2 aliphatic rings. The Morgan fingerprint density at radius 3 is 2.33 bits per heavy atom. The largest absolute Gasteiger partial charge is 0.367 e. The highest BCUT2D eigenvalue weighted by atomic mass is 15.2. The van der Waals surface area contributed by atoms with E-state index in [2.05, 4.69) is 45.6 Å². The molecule has 2 aromatic rings. The highest BCUT2D eigenvalue weighted by Crippen LogP contribution is 2.33. The van der Waals surface area contributed by atoms with E-state index in [9.17, 15) is 0 Å². The third-order valence-electron chi connectivity index (χ3n) is 4.62. The van der Waals surface area contributed by atoms with Crippen LogP contribution in [-0.2, 0) is 0 Å². The zero-order chi connectivity index (χ0) is 14.1. The van der Waals surface area contributed by atoms with Gasteiger partial charge in [0.1, 0.15) is 5.82 Å². The molecule has 4 heteroatoms. The molecule has 4 rings (SSSR count). The maximum atomic E-state index is 4.83. The van der Waals surface area contributed by atoms with Crippen molar-refractivity contribution >= 4 is 22.3 Å². The fourth-order valence-corrected chi connectivity index (χ4v) is 3.50. The van der Waals surface area contributed by atoms with Gasteiger partial charge in [-0.05, 0) is 12.8 Å². The van der Waals surface area contributed by atoms with Gasteiger partial charge in [0.15, 0.2) is 0 Å². The highest BCUT2D eigenvalue weighted by molar-refractivity contribution is 6.00. The van der Waals surface area contributed by atoms with Crippen LogP contribution >= 0.6 is 0 Å². The third-order valence-corrected chi connectivity index (χ3v) is 4.62. The molecule has 0 unspecified atom stereocenters. The van der Waals surface area contributed by atoms with E-state index in [0.717, 1.165) is 39.3 Å². The molecule has 4 nitrogen and oxygen atoms in total. The summed E-state index contributed by atoms with van der Waals surface area (Å²) in [6, 6.07) is 8.74. The lowest BCUT2D eigenvalue weighted by Gasteiger charge is -2.31. The van der Waals surface area contributed by atoms with E-state index in [1.807, 2.05) is 0 Å². The predicted octanol–water partition coefficient (Wildman–Crippen LogP) is 2.24. The third kappa shape index (κ3) is 2.33. The molecule has 0 aliphatic carbocycles. The Balaban J connectivity index is 1.80. The summed E-state index contributed by atoms with van der Waals surface area (Å²) < 4.78 is 0. The van der Waals surface area contributed by atoms with Crippen molar-refractivity contribution in [3.63, 3.8) is 0 Å². The van der Waals surface area contributed by atoms with E-state index >= 15 is 0 Å². The zero-order valence-corrected chi connectivity index (χ0v) is 12.4. The van der Waals surface area contributed by atoms with Gasteiger partial charge in [0, 0.05) is 50.0 Å². The van der Waals surface area contributed by atoms with Gasteiger partial charge in [-0.2, -0.15) is 0 Å². The van der Waals surface area contributed by atoms with Crippen LogP contribution in [0.2, 0.25) is 0 Å². The maximum absolute atomic E-state index is 4.83. The van der Waals surface area contributed by atoms with Crippen molar-refractivity contribution in [1.29, 1.82) is 0 Å². The predicted molar refractivity (Wildman–Crippen MR) is 88.3 cm³/mol. The standard InChI is InChI=1S/C17H22N4/c1-2-6-15-14(5-1)16(20-11-7-18-8-12-20)13-19-17(15)21-9-3-4-10-21/h1-2,5-6,13,18H,3-4,7-12H2. The molecule has 0 radical (unpaired) electrons. The summed E-state index contributed by atoms with van der Waals surface area (Å²) >= 11 is 0. The Bertz CT molecular complexity index is 628. The van der Waals surface area contributed by atoms with Gasteiger partial charge in [0.05, 0.1) is 11.9 Å². The number of hydrogen-bond acceptors (Lipinski definition) is 4. The van der Waals surface area contributed by atoms with Crippen LogP contribution in [0.25, 0.3) is 10.8 Å². The zero-order valence-electron chi connectivity index (χ0n) is 12.4. The summed E-state index contributed by atoms with van der Waals surface area (Å²) in [7, 11) is 0. The van der Waals surface area contributed by atoms with Gasteiger partial charge in [-0.25, -0.2) is 4.98 Å². The number of pyridine rings is 1. The molecule has 1 N–H and O–H groups in total. The van der Waals surface area contributed by atoms with Crippen LogP contribution in [0.1, 0.15) is 12.8 Å². The molecule has 0 spiro atoms. The lowest BCUT2D eigenvalue weighted by molar-refractivity contribution is 0.590. The van der Waals surface area contributed by atoms with E-state index in [-0.39, 0.29) is 0 Å². The molecule has 0 atom stereocenters. The molecular weight excluding hydrogens is 260 g/mol. The minimum absolute atomic E-state index is 1.06. The van der Waals surface area contributed by atoms with Crippen molar-refractivity contribution in [2.45, 2.75) is 12.8 Å². The Morgan fingerprint density at radius 1 is 0.857 bits per heavy atom. The van der Waals surface area contributed by atoms with Crippen LogP contribution in [0.4, 0.5) is 11.5 Å². The molecule has 0 saturated carbocycles. The molecule has 1 aromatic carbocycles. The van der Waals surface area contributed by atoms with Gasteiger partial charge in [0.25, 0.3) is 0 Å². The van der Waals surface area contributed by atoms with E-state index in [4.69, 9.17) is 4.98 Å². The molecule has 2 aliphatic heterocycles. The fourth-order valence-electron chi connectivity index (χ4n) is 3.50. The van der Waals surface area contributed by atoms with Crippen LogP contribution < -0.4 is 15.1 Å². The first-order valence-corrected chi connectivity index (χ1v) is 8.02. The van der Waals surface area contributed by atoms with Crippen molar-refractivity contribution in [2.75, 3.05) is 49.1 Å². The van der Waals surface area contributed by atoms with Gasteiger partial charge >= 0.3 is 0 Å². The Labute approximate surface area is 125 Å². The highest BCUT2D eigenvalue weighted by Gasteiger charge is 2.19. The van der Waals surface area contributed by atoms with Crippen LogP contribution in [0.3, 0.4) is 0 Å². The van der Waals surface area contributed by atoms with E-state index in [1.165, 1.54) is 35.1 Å². The van der Waals surface area contributed by atoms with Gasteiger partial charge in [-0.3, -0.25) is 0 Å². The maximum Gasteiger partial charge on any atom is 0.136 e. The smallest absolute Gasteiger partial charge is 0.136 e. The lowest BCUT2D eigenvalue weighted by Crippen LogP contribution is -2.43. The minimum atomic E-state index is 1.06. The van der Waals surface area contributed by atoms with Crippen LogP contribution in [-0.4, -0.2) is 44.3 Å². The van der Waals surface area contributed by atoms with Crippen molar-refractivity contribution in [2.24, 2.45) is 0 Å². The van der Waals surface area contributed by atoms with Gasteiger partial charge in [-0.15, -0.1) is 0 Å². The van der Waals surface area contributed by atoms with Crippen LogP contribution in [0, 0.1) is 0 Å². The molecule has 2 saturated heterocycles. The first-order valence-electron chi connectivity index (χ1n) is 8.02. The van der Waals surface area contributed by atoms with E-state index in [1.54, 1.807) is 0 Å². The minimum Gasteiger partial charge on any atom is -0.367 e. The summed E-state index contributed by atoms with van der Waals surface area (Å²) in [4.78, 5) is 9.72. The van der Waals surface area contributed by atoms with Crippen molar-refractivity contribution in [1.82, 2.24) is 10.3 Å². The molecule has 1 aromatic heterocycles. The average molecular weight is 282 g/mol. The van der Waals surface area contributed by atoms with Gasteiger partial charge in [0.2, 0.25) is 0 Å². The lowest BCUT2D eigenvalue weighted by atomic mass is 10.1. The van der Waals surface area contributed by atoms with E-state index in [0.29, 0.717) is 0 Å². The second-order valence-corrected chi connectivity index (χ2v) is 5.94. The van der Waals surface area contributed by atoms with Crippen LogP contribution in [0.5, 0.6) is 0 Å². The van der Waals surface area contributed by atoms with Crippen molar-refractivity contribution in [3.8, 4) is 0 Å². The monoisotopic (exact) mass is 282 g/mol. The molecule has 3 heterocycles. The van der Waals surface area contributed by atoms with E-state index < -0.39 is 0 Å². The topological polar surface area (TPSA) is 31.4 Å². The number of benzene rings is 1. The second-order valence-electron chi connectivity index (χ2n) is 5.94. The molecule has 2 fully saturated rings. The quantitative estimate of drug-likeness (QED) is 0.915. The number of hydrogen-bond donors (Lipinski definition) is 1. The summed E-state index contributed by atoms with van der Waals surface area (Å²) in [5.74, 6) is 1.17. The summed E-state index contributed by atoms with van der Waals surface area (Å²) in [6.07, 6.45) is 4.66. The second kappa shape index (κ2) is 5.53. The number of piperazine rings is 1. The van der Waals surface area contributed by atoms with Crippen molar-refractivity contribution < 1.29 is 0 Å². The molecule has 0 amide bonds. The Morgan fingerprint density at radius 2 is 1.57 bits per heavy atom. The fraction of sp³-hybridized carbons (Fsp3) is 0.471. The molecule has 21 heavy (non-hydrogen) atoms. The number of nitrogens with zero attached hydrogens (tertiary/aromatic N) is 3. The summed E-state index contributed by atoms with van der Waals surface area (Å²) in [5.41, 5.74) is 1.29.